The quantitative estimate of drug-likeness (QED) is 0.458. The van der Waals surface area contributed by atoms with Gasteiger partial charge in [0.05, 0.1) is 35.7 Å². The molecule has 3 heterocycles. The van der Waals surface area contributed by atoms with Gasteiger partial charge in [-0.1, -0.05) is 11.6 Å². The first-order valence-electron chi connectivity index (χ1n) is 11.1. The Morgan fingerprint density at radius 1 is 1.24 bits per heavy atom. The summed E-state index contributed by atoms with van der Waals surface area (Å²) in [6.07, 6.45) is -5.90. The average molecular weight is 541 g/mol. The molecule has 37 heavy (non-hydrogen) atoms. The van der Waals surface area contributed by atoms with Crippen LogP contribution in [0.4, 0.5) is 23.8 Å². The summed E-state index contributed by atoms with van der Waals surface area (Å²) in [5, 5.41) is 1.88. The molecule has 3 N–H and O–H groups in total. The van der Waals surface area contributed by atoms with E-state index in [1.165, 1.54) is 17.7 Å². The number of hydrogen-bond acceptors (Lipinski definition) is 6. The van der Waals surface area contributed by atoms with Gasteiger partial charge in [0.2, 0.25) is 0 Å². The van der Waals surface area contributed by atoms with Crippen LogP contribution >= 0.6 is 11.6 Å². The second-order valence-electron chi connectivity index (χ2n) is 9.33. The van der Waals surface area contributed by atoms with Crippen molar-refractivity contribution in [2.45, 2.75) is 45.9 Å². The lowest BCUT2D eigenvalue weighted by Gasteiger charge is -2.22. The van der Waals surface area contributed by atoms with E-state index in [-0.39, 0.29) is 46.5 Å². The van der Waals surface area contributed by atoms with Crippen LogP contribution in [0.2, 0.25) is 5.02 Å². The number of alkyl halides is 3. The molecular formula is C24H24ClF3N4O5. The summed E-state index contributed by atoms with van der Waals surface area (Å²) in [4.78, 5) is 29.4. The number of carbonyl (C=O) groups excluding carboxylic acids is 2. The Morgan fingerprint density at radius 2 is 1.92 bits per heavy atom. The molecule has 2 amide bonds. The van der Waals surface area contributed by atoms with E-state index in [0.717, 1.165) is 0 Å². The predicted molar refractivity (Wildman–Crippen MR) is 130 cm³/mol. The van der Waals surface area contributed by atoms with Crippen molar-refractivity contribution in [2.75, 3.05) is 19.0 Å². The highest BCUT2D eigenvalue weighted by atomic mass is 35.5. The maximum Gasteiger partial charge on any atom is 0.434 e. The van der Waals surface area contributed by atoms with Crippen LogP contribution in [0, 0.1) is 6.92 Å². The van der Waals surface area contributed by atoms with Crippen molar-refractivity contribution in [3.8, 4) is 17.2 Å². The number of rotatable bonds is 4. The summed E-state index contributed by atoms with van der Waals surface area (Å²) in [5.41, 5.74) is 3.11. The van der Waals surface area contributed by atoms with Crippen LogP contribution in [0.25, 0.3) is 16.6 Å². The number of aromatic nitrogens is 2. The molecule has 1 aliphatic heterocycles. The van der Waals surface area contributed by atoms with Crippen LogP contribution in [0.5, 0.6) is 11.5 Å². The molecule has 0 bridgehead atoms. The number of primary amides is 1. The zero-order chi connectivity index (χ0) is 27.4. The molecule has 0 spiro atoms. The number of fused-ring (bicyclic) bond motifs is 3. The van der Waals surface area contributed by atoms with Gasteiger partial charge in [-0.3, -0.25) is 14.7 Å². The molecule has 4 rings (SSSR count). The van der Waals surface area contributed by atoms with Crippen molar-refractivity contribution in [1.29, 1.82) is 0 Å². The highest BCUT2D eigenvalue weighted by Gasteiger charge is 2.42. The number of amides is 2. The minimum Gasteiger partial charge on any atom is -0.496 e. The lowest BCUT2D eigenvalue weighted by Crippen LogP contribution is -2.29. The van der Waals surface area contributed by atoms with Crippen LogP contribution < -0.4 is 20.5 Å². The minimum absolute atomic E-state index is 0.0148. The number of anilines is 1. The molecule has 0 saturated heterocycles. The number of benzene rings is 1. The van der Waals surface area contributed by atoms with E-state index in [1.807, 2.05) is 0 Å². The summed E-state index contributed by atoms with van der Waals surface area (Å²) < 4.78 is 60.5. The van der Waals surface area contributed by atoms with E-state index in [1.54, 1.807) is 33.8 Å². The first-order valence-corrected chi connectivity index (χ1v) is 11.5. The number of nitrogens with one attached hydrogen (secondary N) is 1. The predicted octanol–water partition coefficient (Wildman–Crippen LogP) is 5.40. The third kappa shape index (κ3) is 4.61. The molecule has 0 atom stereocenters. The van der Waals surface area contributed by atoms with Crippen molar-refractivity contribution in [3.63, 3.8) is 0 Å². The number of ether oxygens (including phenoxy) is 3. The van der Waals surface area contributed by atoms with Crippen LogP contribution in [0.3, 0.4) is 0 Å². The molecule has 198 valence electrons. The normalized spacial score (nSPS) is 13.3. The lowest BCUT2D eigenvalue weighted by atomic mass is 10.1. The maximum absolute atomic E-state index is 14.3. The van der Waals surface area contributed by atoms with Crippen LogP contribution in [0.1, 0.15) is 48.1 Å². The number of hydrogen-bond donors (Lipinski definition) is 2. The van der Waals surface area contributed by atoms with Gasteiger partial charge < -0.3 is 19.9 Å². The number of carbonyl (C=O) groups is 2. The second-order valence-corrected chi connectivity index (χ2v) is 9.74. The molecule has 1 aliphatic rings. The van der Waals surface area contributed by atoms with E-state index in [4.69, 9.17) is 31.5 Å². The van der Waals surface area contributed by atoms with Crippen molar-refractivity contribution < 1.29 is 37.0 Å². The topological polar surface area (TPSA) is 118 Å². The van der Waals surface area contributed by atoms with Gasteiger partial charge in [0.1, 0.15) is 22.7 Å². The Hall–Kier alpha value is -3.67. The zero-order valence-electron chi connectivity index (χ0n) is 20.6. The number of nitrogens with two attached hydrogens (primary N) is 1. The number of pyridine rings is 1. The molecule has 3 aromatic rings. The van der Waals surface area contributed by atoms with Gasteiger partial charge >= 0.3 is 12.3 Å². The van der Waals surface area contributed by atoms with Crippen molar-refractivity contribution in [3.05, 3.63) is 39.7 Å². The Balaban J connectivity index is 2.24. The largest absolute Gasteiger partial charge is 0.496 e. The summed E-state index contributed by atoms with van der Waals surface area (Å²) in [6.45, 7) is 6.50. The fourth-order valence-corrected chi connectivity index (χ4v) is 4.59. The summed E-state index contributed by atoms with van der Waals surface area (Å²) in [6, 6.07) is 3.05. The van der Waals surface area contributed by atoms with E-state index in [0.29, 0.717) is 11.3 Å². The molecule has 1 aromatic carbocycles. The molecule has 0 aliphatic carbocycles. The molecule has 13 heteroatoms. The van der Waals surface area contributed by atoms with Gasteiger partial charge in [-0.25, -0.2) is 9.78 Å². The van der Waals surface area contributed by atoms with E-state index in [2.05, 4.69) is 10.3 Å². The van der Waals surface area contributed by atoms with Crippen LogP contribution in [-0.2, 0) is 17.3 Å². The molecule has 2 aromatic heterocycles. The van der Waals surface area contributed by atoms with E-state index < -0.39 is 40.4 Å². The fourth-order valence-electron chi connectivity index (χ4n) is 4.30. The molecule has 9 nitrogen and oxygen atoms in total. The number of methoxy groups -OCH3 is 1. The monoisotopic (exact) mass is 540 g/mol. The highest BCUT2D eigenvalue weighted by molar-refractivity contribution is 6.33. The third-order valence-electron chi connectivity index (χ3n) is 5.63. The summed E-state index contributed by atoms with van der Waals surface area (Å²) >= 11 is 6.56. The summed E-state index contributed by atoms with van der Waals surface area (Å²) in [5.74, 6) is -1.25. The first-order chi connectivity index (χ1) is 17.2. The molecular weight excluding hydrogens is 517 g/mol. The Labute approximate surface area is 214 Å². The molecule has 0 unspecified atom stereocenters. The Kier molecular flexibility index (Phi) is 6.43. The smallest absolute Gasteiger partial charge is 0.434 e. The number of nitrogens with zero attached hydrogens (tertiary/aromatic N) is 2. The van der Waals surface area contributed by atoms with Gasteiger partial charge in [-0.05, 0) is 39.8 Å². The minimum atomic E-state index is -4.97. The molecule has 0 radical (unpaired) electrons. The average Bonchev–Trinajstić information content (AvgIpc) is 3.34. The first kappa shape index (κ1) is 26.4. The van der Waals surface area contributed by atoms with Crippen molar-refractivity contribution >= 4 is 40.3 Å². The molecule has 0 saturated carbocycles. The van der Waals surface area contributed by atoms with Gasteiger partial charge in [-0.15, -0.1) is 0 Å². The van der Waals surface area contributed by atoms with Crippen LogP contribution in [-0.4, -0.2) is 40.9 Å². The summed E-state index contributed by atoms with van der Waals surface area (Å²) in [7, 11) is 1.41. The van der Waals surface area contributed by atoms with E-state index in [9.17, 15) is 22.8 Å². The van der Waals surface area contributed by atoms with Crippen LogP contribution in [0.15, 0.2) is 12.1 Å². The zero-order valence-corrected chi connectivity index (χ0v) is 21.3. The maximum atomic E-state index is 14.3. The van der Waals surface area contributed by atoms with Crippen molar-refractivity contribution in [1.82, 2.24) is 9.55 Å². The fraction of sp³-hybridized carbons (Fsp3) is 0.375. The second kappa shape index (κ2) is 9.02. The van der Waals surface area contributed by atoms with Gasteiger partial charge in [-0.2, -0.15) is 13.2 Å². The Morgan fingerprint density at radius 3 is 2.49 bits per heavy atom. The Bertz CT molecular complexity index is 1440. The van der Waals surface area contributed by atoms with Gasteiger partial charge in [0.25, 0.3) is 5.91 Å². The van der Waals surface area contributed by atoms with Crippen molar-refractivity contribution in [2.24, 2.45) is 5.73 Å². The highest BCUT2D eigenvalue weighted by Crippen LogP contribution is 2.48. The lowest BCUT2D eigenvalue weighted by molar-refractivity contribution is -0.139. The molecule has 0 fully saturated rings. The standard InChI is InChI=1S/C24H24ClF3N4O5/c1-10-13(35-5)7-6-11(25)16(10)32-17-14(19(24(26,27)28)30-12-8-9-36-18(12)17)15(20(29)33)21(32)31-22(34)37-23(2,3)4/h6-7H,8-9H2,1-5H3,(H2,29,33)(H,31,34). The number of halogens is 4. The van der Waals surface area contributed by atoms with Gasteiger partial charge in [0.15, 0.2) is 11.4 Å². The van der Waals surface area contributed by atoms with Gasteiger partial charge in [0, 0.05) is 17.4 Å². The van der Waals surface area contributed by atoms with E-state index >= 15 is 0 Å². The SMILES string of the molecule is COc1ccc(Cl)c(-n2c(NC(=O)OC(C)(C)C)c(C(N)=O)c3c(C(F)(F)F)nc4c(c32)OCC4)c1C. The third-order valence-corrected chi connectivity index (χ3v) is 5.93.